The molecule has 2 unspecified atom stereocenters. The first-order chi connectivity index (χ1) is 7.29. The van der Waals surface area contributed by atoms with E-state index in [0.29, 0.717) is 11.8 Å². The van der Waals surface area contributed by atoms with Gasteiger partial charge in [0.05, 0.1) is 5.69 Å². The molecule has 1 aliphatic rings. The Morgan fingerprint density at radius 3 is 3.13 bits per heavy atom. The summed E-state index contributed by atoms with van der Waals surface area (Å²) in [5, 5.41) is 4.16. The summed E-state index contributed by atoms with van der Waals surface area (Å²) < 4.78 is 5.26. The number of hydrogen-bond acceptors (Lipinski definition) is 2. The van der Waals surface area contributed by atoms with Gasteiger partial charge in [0, 0.05) is 24.3 Å². The number of aromatic nitrogens is 1. The summed E-state index contributed by atoms with van der Waals surface area (Å²) in [7, 11) is 0. The zero-order valence-electron chi connectivity index (χ0n) is 9.21. The van der Waals surface area contributed by atoms with E-state index in [1.165, 1.54) is 25.7 Å². The number of rotatable bonds is 3. The van der Waals surface area contributed by atoms with E-state index in [9.17, 15) is 0 Å². The van der Waals surface area contributed by atoms with Crippen LogP contribution >= 0.6 is 11.6 Å². The van der Waals surface area contributed by atoms with Gasteiger partial charge in [0.1, 0.15) is 5.76 Å². The molecule has 2 rings (SSSR count). The minimum atomic E-state index is 0.607. The van der Waals surface area contributed by atoms with Crippen molar-refractivity contribution in [1.29, 1.82) is 0 Å². The van der Waals surface area contributed by atoms with Crippen molar-refractivity contribution in [2.24, 2.45) is 5.92 Å². The summed E-state index contributed by atoms with van der Waals surface area (Å²) in [5.41, 5.74) is 1.14. The zero-order valence-corrected chi connectivity index (χ0v) is 9.96. The molecule has 84 valence electrons. The Morgan fingerprint density at radius 2 is 2.40 bits per heavy atom. The van der Waals surface area contributed by atoms with Crippen molar-refractivity contribution in [2.45, 2.75) is 44.9 Å². The van der Waals surface area contributed by atoms with Gasteiger partial charge >= 0.3 is 0 Å². The first kappa shape index (κ1) is 11.0. The van der Waals surface area contributed by atoms with E-state index in [1.807, 2.05) is 0 Å². The van der Waals surface area contributed by atoms with Crippen LogP contribution in [0.4, 0.5) is 0 Å². The Hall–Kier alpha value is -0.500. The van der Waals surface area contributed by atoms with Gasteiger partial charge in [0.25, 0.3) is 0 Å². The van der Waals surface area contributed by atoms with Crippen LogP contribution < -0.4 is 0 Å². The highest BCUT2D eigenvalue weighted by Crippen LogP contribution is 2.35. The number of alkyl halides is 1. The van der Waals surface area contributed by atoms with E-state index < -0.39 is 0 Å². The summed E-state index contributed by atoms with van der Waals surface area (Å²) in [4.78, 5) is 0. The average molecular weight is 228 g/mol. The maximum absolute atomic E-state index is 5.67. The molecule has 2 nitrogen and oxygen atoms in total. The average Bonchev–Trinajstić information content (AvgIpc) is 2.67. The van der Waals surface area contributed by atoms with E-state index in [-0.39, 0.29) is 0 Å². The second-order valence-corrected chi connectivity index (χ2v) is 5.00. The molecule has 15 heavy (non-hydrogen) atoms. The topological polar surface area (TPSA) is 26.0 Å². The van der Waals surface area contributed by atoms with Crippen LogP contribution in [0.25, 0.3) is 0 Å². The van der Waals surface area contributed by atoms with Crippen molar-refractivity contribution in [3.63, 3.8) is 0 Å². The third-order valence-electron chi connectivity index (χ3n) is 3.27. The smallest absolute Gasteiger partial charge is 0.138 e. The van der Waals surface area contributed by atoms with Gasteiger partial charge in [-0.25, -0.2) is 0 Å². The molecule has 0 spiro atoms. The summed E-state index contributed by atoms with van der Waals surface area (Å²) >= 11 is 5.67. The van der Waals surface area contributed by atoms with Crippen molar-refractivity contribution in [2.75, 3.05) is 5.88 Å². The van der Waals surface area contributed by atoms with Gasteiger partial charge in [-0.1, -0.05) is 24.9 Å². The van der Waals surface area contributed by atoms with Gasteiger partial charge in [-0.05, 0) is 18.8 Å². The molecule has 0 bridgehead atoms. The molecule has 0 radical (unpaired) electrons. The molecule has 2 atom stereocenters. The van der Waals surface area contributed by atoms with Gasteiger partial charge in [-0.2, -0.15) is 0 Å². The summed E-state index contributed by atoms with van der Waals surface area (Å²) in [6.45, 7) is 2.33. The molecule has 0 amide bonds. The third kappa shape index (κ3) is 2.75. The van der Waals surface area contributed by atoms with Gasteiger partial charge in [0.2, 0.25) is 0 Å². The predicted molar refractivity (Wildman–Crippen MR) is 61.3 cm³/mol. The normalized spacial score (nSPS) is 26.8. The lowest BCUT2D eigenvalue weighted by Crippen LogP contribution is -2.11. The van der Waals surface area contributed by atoms with Crippen LogP contribution in [-0.2, 0) is 6.42 Å². The summed E-state index contributed by atoms with van der Waals surface area (Å²) in [6.07, 6.45) is 5.99. The Balaban J connectivity index is 2.01. The maximum Gasteiger partial charge on any atom is 0.138 e. The number of halogens is 1. The fraction of sp³-hybridized carbons (Fsp3) is 0.750. The van der Waals surface area contributed by atoms with E-state index in [2.05, 4.69) is 18.1 Å². The lowest BCUT2D eigenvalue weighted by atomic mass is 9.81. The summed E-state index contributed by atoms with van der Waals surface area (Å²) in [6, 6.07) is 2.09. The molecule has 0 aromatic carbocycles. The molecule has 0 saturated heterocycles. The van der Waals surface area contributed by atoms with Crippen LogP contribution in [0.5, 0.6) is 0 Å². The molecule has 3 heteroatoms. The first-order valence-electron chi connectivity index (χ1n) is 5.81. The molecule has 1 aromatic rings. The van der Waals surface area contributed by atoms with Gasteiger partial charge in [0.15, 0.2) is 0 Å². The Kier molecular flexibility index (Phi) is 3.68. The Morgan fingerprint density at radius 1 is 1.53 bits per heavy atom. The fourth-order valence-electron chi connectivity index (χ4n) is 2.44. The lowest BCUT2D eigenvalue weighted by Gasteiger charge is -2.24. The van der Waals surface area contributed by atoms with Crippen LogP contribution in [0, 0.1) is 5.92 Å². The standard InChI is InChI=1S/C12H18ClNO/c1-9-3-2-4-10(7-9)12-8-11(5-6-13)15-14-12/h8-10H,2-7H2,1H3. The van der Waals surface area contributed by atoms with E-state index in [4.69, 9.17) is 16.1 Å². The Bertz CT molecular complexity index is 310. The van der Waals surface area contributed by atoms with E-state index in [1.54, 1.807) is 0 Å². The number of aryl methyl sites for hydroxylation is 1. The monoisotopic (exact) mass is 227 g/mol. The highest BCUT2D eigenvalue weighted by atomic mass is 35.5. The van der Waals surface area contributed by atoms with Crippen molar-refractivity contribution in [3.8, 4) is 0 Å². The quantitative estimate of drug-likeness (QED) is 0.736. The van der Waals surface area contributed by atoms with Gasteiger partial charge < -0.3 is 4.52 Å². The number of hydrogen-bond donors (Lipinski definition) is 0. The van der Waals surface area contributed by atoms with Crippen LogP contribution in [0.2, 0.25) is 0 Å². The minimum absolute atomic E-state index is 0.607. The van der Waals surface area contributed by atoms with E-state index in [0.717, 1.165) is 23.8 Å². The lowest BCUT2D eigenvalue weighted by molar-refractivity contribution is 0.321. The van der Waals surface area contributed by atoms with Crippen LogP contribution in [-0.4, -0.2) is 11.0 Å². The molecule has 1 heterocycles. The van der Waals surface area contributed by atoms with Gasteiger partial charge in [-0.3, -0.25) is 0 Å². The largest absolute Gasteiger partial charge is 0.361 e. The van der Waals surface area contributed by atoms with Crippen molar-refractivity contribution >= 4 is 11.6 Å². The summed E-state index contributed by atoms with van der Waals surface area (Å²) in [5.74, 6) is 2.98. The van der Waals surface area contributed by atoms with Crippen LogP contribution in [0.15, 0.2) is 10.6 Å². The molecular weight excluding hydrogens is 210 g/mol. The zero-order chi connectivity index (χ0) is 10.7. The molecule has 1 saturated carbocycles. The Labute approximate surface area is 96.0 Å². The first-order valence-corrected chi connectivity index (χ1v) is 6.34. The van der Waals surface area contributed by atoms with Crippen molar-refractivity contribution in [1.82, 2.24) is 5.16 Å². The molecular formula is C12H18ClNO. The van der Waals surface area contributed by atoms with Crippen molar-refractivity contribution in [3.05, 3.63) is 17.5 Å². The minimum Gasteiger partial charge on any atom is -0.361 e. The highest BCUT2D eigenvalue weighted by Gasteiger charge is 2.23. The maximum atomic E-state index is 5.67. The molecule has 1 fully saturated rings. The van der Waals surface area contributed by atoms with E-state index >= 15 is 0 Å². The molecule has 1 aliphatic carbocycles. The highest BCUT2D eigenvalue weighted by molar-refractivity contribution is 6.17. The van der Waals surface area contributed by atoms with Gasteiger partial charge in [-0.15, -0.1) is 11.6 Å². The second-order valence-electron chi connectivity index (χ2n) is 4.63. The SMILES string of the molecule is CC1CCCC(c2cc(CCCl)on2)C1. The predicted octanol–water partition coefficient (Wildman–Crippen LogP) is 3.75. The third-order valence-corrected chi connectivity index (χ3v) is 3.46. The van der Waals surface area contributed by atoms with Crippen molar-refractivity contribution < 1.29 is 4.52 Å². The fourth-order valence-corrected chi connectivity index (χ4v) is 2.62. The second kappa shape index (κ2) is 5.02. The van der Waals surface area contributed by atoms with Crippen LogP contribution in [0.1, 0.15) is 50.0 Å². The molecule has 1 aromatic heterocycles. The van der Waals surface area contributed by atoms with Crippen LogP contribution in [0.3, 0.4) is 0 Å². The molecule has 0 N–H and O–H groups in total. The number of nitrogens with zero attached hydrogens (tertiary/aromatic N) is 1. The molecule has 0 aliphatic heterocycles.